The molecule has 9 heteroatoms. The van der Waals surface area contributed by atoms with E-state index in [1.807, 2.05) is 28.0 Å². The van der Waals surface area contributed by atoms with Gasteiger partial charge in [0, 0.05) is 24.7 Å². The second kappa shape index (κ2) is 9.27. The molecular formula is C22H24Cl2N2O4S. The molecule has 4 rings (SSSR count). The molecule has 6 nitrogen and oxygen atoms in total. The lowest BCUT2D eigenvalue weighted by Crippen LogP contribution is -2.52. The molecule has 166 valence electrons. The number of amides is 1. The highest BCUT2D eigenvalue weighted by molar-refractivity contribution is 7.91. The molecule has 1 saturated heterocycles. The van der Waals surface area contributed by atoms with E-state index in [-0.39, 0.29) is 28.1 Å². The Labute approximate surface area is 192 Å². The second-order valence-corrected chi connectivity index (χ2v) is 10.7. The number of rotatable bonds is 5. The summed E-state index contributed by atoms with van der Waals surface area (Å²) in [6, 6.07) is 11.8. The SMILES string of the molecule is O=C(C1CN(CCS(=O)(=O)c2cc(Cl)ccc2Cl)c2ccccc2O1)N1CCCCC1. The van der Waals surface area contributed by atoms with Gasteiger partial charge >= 0.3 is 0 Å². The number of ether oxygens (including phenoxy) is 1. The maximum Gasteiger partial charge on any atom is 0.265 e. The highest BCUT2D eigenvalue weighted by Crippen LogP contribution is 2.34. The predicted octanol–water partition coefficient (Wildman–Crippen LogP) is 4.05. The van der Waals surface area contributed by atoms with Crippen LogP contribution in [0.25, 0.3) is 0 Å². The topological polar surface area (TPSA) is 66.9 Å². The molecule has 2 heterocycles. The van der Waals surface area contributed by atoms with Crippen molar-refractivity contribution in [1.82, 2.24) is 4.90 Å². The minimum absolute atomic E-state index is 0.0177. The first-order valence-corrected chi connectivity index (χ1v) is 12.7. The van der Waals surface area contributed by atoms with Gasteiger partial charge in [-0.1, -0.05) is 35.3 Å². The van der Waals surface area contributed by atoms with E-state index in [1.54, 1.807) is 12.1 Å². The average Bonchev–Trinajstić information content (AvgIpc) is 2.79. The van der Waals surface area contributed by atoms with Gasteiger partial charge in [-0.2, -0.15) is 0 Å². The van der Waals surface area contributed by atoms with Crippen molar-refractivity contribution >= 4 is 44.6 Å². The van der Waals surface area contributed by atoms with E-state index >= 15 is 0 Å². The summed E-state index contributed by atoms with van der Waals surface area (Å²) in [5.41, 5.74) is 0.776. The smallest absolute Gasteiger partial charge is 0.265 e. The summed E-state index contributed by atoms with van der Waals surface area (Å²) in [7, 11) is -3.67. The van der Waals surface area contributed by atoms with Gasteiger partial charge in [-0.15, -0.1) is 0 Å². The molecule has 2 aliphatic rings. The lowest BCUT2D eigenvalue weighted by molar-refractivity contribution is -0.139. The van der Waals surface area contributed by atoms with Gasteiger partial charge in [0.1, 0.15) is 5.75 Å². The molecule has 0 N–H and O–H groups in total. The Morgan fingerprint density at radius 1 is 1.06 bits per heavy atom. The molecule has 2 aliphatic heterocycles. The van der Waals surface area contributed by atoms with Gasteiger partial charge in [-0.25, -0.2) is 8.42 Å². The van der Waals surface area contributed by atoms with Crippen molar-refractivity contribution in [3.05, 3.63) is 52.5 Å². The molecule has 1 amide bonds. The van der Waals surface area contributed by atoms with E-state index in [0.717, 1.165) is 38.0 Å². The van der Waals surface area contributed by atoms with Crippen molar-refractivity contribution in [2.75, 3.05) is 36.8 Å². The summed E-state index contributed by atoms with van der Waals surface area (Å²) in [5, 5.41) is 0.455. The van der Waals surface area contributed by atoms with Gasteiger partial charge in [-0.05, 0) is 49.6 Å². The van der Waals surface area contributed by atoms with E-state index in [2.05, 4.69) is 0 Å². The van der Waals surface area contributed by atoms with Gasteiger partial charge in [-0.3, -0.25) is 4.79 Å². The van der Waals surface area contributed by atoms with Gasteiger partial charge < -0.3 is 14.5 Å². The molecular weight excluding hydrogens is 459 g/mol. The summed E-state index contributed by atoms with van der Waals surface area (Å²) >= 11 is 12.1. The Hall–Kier alpha value is -1.96. The Morgan fingerprint density at radius 2 is 1.81 bits per heavy atom. The van der Waals surface area contributed by atoms with Crippen LogP contribution in [0.1, 0.15) is 19.3 Å². The maximum absolute atomic E-state index is 13.0. The number of nitrogens with zero attached hydrogens (tertiary/aromatic N) is 2. The summed E-state index contributed by atoms with van der Waals surface area (Å²) in [6.07, 6.45) is 2.47. The first-order valence-electron chi connectivity index (χ1n) is 10.3. The van der Waals surface area contributed by atoms with Crippen molar-refractivity contribution in [2.45, 2.75) is 30.3 Å². The number of benzene rings is 2. The molecule has 0 spiro atoms. The zero-order chi connectivity index (χ0) is 22.0. The number of hydrogen-bond acceptors (Lipinski definition) is 5. The number of para-hydroxylation sites is 2. The monoisotopic (exact) mass is 482 g/mol. The lowest BCUT2D eigenvalue weighted by Gasteiger charge is -2.38. The quantitative estimate of drug-likeness (QED) is 0.642. The zero-order valence-electron chi connectivity index (χ0n) is 17.0. The van der Waals surface area contributed by atoms with Gasteiger partial charge in [0.05, 0.1) is 27.9 Å². The van der Waals surface area contributed by atoms with Crippen LogP contribution in [0.2, 0.25) is 10.0 Å². The molecule has 0 aliphatic carbocycles. The van der Waals surface area contributed by atoms with Crippen LogP contribution >= 0.6 is 23.2 Å². The van der Waals surface area contributed by atoms with E-state index in [0.29, 0.717) is 17.3 Å². The van der Waals surface area contributed by atoms with Crippen molar-refractivity contribution in [1.29, 1.82) is 0 Å². The largest absolute Gasteiger partial charge is 0.477 e. The first-order chi connectivity index (χ1) is 14.8. The molecule has 2 aromatic rings. The minimum atomic E-state index is -3.67. The molecule has 1 unspecified atom stereocenters. The van der Waals surface area contributed by atoms with Crippen LogP contribution in [-0.4, -0.2) is 57.3 Å². The fourth-order valence-corrected chi connectivity index (χ4v) is 6.08. The first kappa shape index (κ1) is 22.2. The minimum Gasteiger partial charge on any atom is -0.477 e. The number of halogens is 2. The number of fused-ring (bicyclic) bond motifs is 1. The number of likely N-dealkylation sites (tertiary alicyclic amines) is 1. The molecule has 0 saturated carbocycles. The Bertz CT molecular complexity index is 1070. The highest BCUT2D eigenvalue weighted by atomic mass is 35.5. The van der Waals surface area contributed by atoms with Crippen molar-refractivity contribution < 1.29 is 17.9 Å². The van der Waals surface area contributed by atoms with Crippen molar-refractivity contribution in [3.63, 3.8) is 0 Å². The fraction of sp³-hybridized carbons (Fsp3) is 0.409. The standard InChI is InChI=1S/C22H24Cl2N2O4S/c23-16-8-9-17(24)21(14-16)31(28,29)13-12-26-15-20(22(27)25-10-4-1-5-11-25)30-19-7-3-2-6-18(19)26/h2-3,6-9,14,20H,1,4-5,10-13,15H2. The highest BCUT2D eigenvalue weighted by Gasteiger charge is 2.34. The third kappa shape index (κ3) is 4.94. The van der Waals surface area contributed by atoms with Gasteiger partial charge in [0.15, 0.2) is 15.9 Å². The Morgan fingerprint density at radius 3 is 2.58 bits per heavy atom. The van der Waals surface area contributed by atoms with E-state index in [1.165, 1.54) is 12.1 Å². The van der Waals surface area contributed by atoms with Gasteiger partial charge in [0.2, 0.25) is 0 Å². The number of hydrogen-bond donors (Lipinski definition) is 0. The molecule has 1 atom stereocenters. The summed E-state index contributed by atoms with van der Waals surface area (Å²) in [4.78, 5) is 16.8. The lowest BCUT2D eigenvalue weighted by atomic mass is 10.1. The van der Waals surface area contributed by atoms with Crippen molar-refractivity contribution in [2.24, 2.45) is 0 Å². The van der Waals surface area contributed by atoms with Crippen LogP contribution in [0.5, 0.6) is 5.75 Å². The number of piperidine rings is 1. The summed E-state index contributed by atoms with van der Waals surface area (Å²) in [6.45, 7) is 1.98. The number of carbonyl (C=O) groups is 1. The predicted molar refractivity (Wildman–Crippen MR) is 122 cm³/mol. The fourth-order valence-electron chi connectivity index (χ4n) is 4.02. The van der Waals surface area contributed by atoms with Crippen LogP contribution < -0.4 is 9.64 Å². The van der Waals surface area contributed by atoms with E-state index in [9.17, 15) is 13.2 Å². The molecule has 0 radical (unpaired) electrons. The Balaban J connectivity index is 1.53. The number of carbonyl (C=O) groups excluding carboxylic acids is 1. The van der Waals surface area contributed by atoms with E-state index < -0.39 is 15.9 Å². The van der Waals surface area contributed by atoms with Crippen LogP contribution in [0, 0.1) is 0 Å². The summed E-state index contributed by atoms with van der Waals surface area (Å²) < 4.78 is 31.9. The number of anilines is 1. The summed E-state index contributed by atoms with van der Waals surface area (Å²) in [5.74, 6) is 0.383. The second-order valence-electron chi connectivity index (χ2n) is 7.80. The molecule has 31 heavy (non-hydrogen) atoms. The third-order valence-electron chi connectivity index (χ3n) is 5.66. The normalized spacial score (nSPS) is 19.0. The van der Waals surface area contributed by atoms with Crippen LogP contribution in [-0.2, 0) is 14.6 Å². The van der Waals surface area contributed by atoms with Gasteiger partial charge in [0.25, 0.3) is 5.91 Å². The van der Waals surface area contributed by atoms with Crippen molar-refractivity contribution in [3.8, 4) is 5.75 Å². The Kier molecular flexibility index (Phi) is 6.65. The maximum atomic E-state index is 13.0. The zero-order valence-corrected chi connectivity index (χ0v) is 19.3. The molecule has 0 aromatic heterocycles. The van der Waals surface area contributed by atoms with E-state index in [4.69, 9.17) is 27.9 Å². The molecule has 2 aromatic carbocycles. The van der Waals surface area contributed by atoms with Crippen LogP contribution in [0.4, 0.5) is 5.69 Å². The molecule has 0 bridgehead atoms. The third-order valence-corrected chi connectivity index (χ3v) is 8.07. The van der Waals surface area contributed by atoms with Crippen LogP contribution in [0.3, 0.4) is 0 Å². The molecule has 1 fully saturated rings. The number of sulfone groups is 1. The average molecular weight is 483 g/mol. The van der Waals surface area contributed by atoms with Crippen LogP contribution in [0.15, 0.2) is 47.4 Å².